The smallest absolute Gasteiger partial charge is 0.303 e. The fourth-order valence-electron chi connectivity index (χ4n) is 2.64. The van der Waals surface area contributed by atoms with Gasteiger partial charge in [-0.2, -0.15) is 0 Å². The third-order valence-electron chi connectivity index (χ3n) is 4.48. The number of aliphatic carboxylic acids is 3. The molecule has 0 amide bonds. The van der Waals surface area contributed by atoms with Crippen LogP contribution in [0.5, 0.6) is 0 Å². The Bertz CT molecular complexity index is 334. The third-order valence-corrected chi connectivity index (χ3v) is 4.48. The first-order valence-corrected chi connectivity index (χ1v) is 12.4. The zero-order valence-corrected chi connectivity index (χ0v) is 23.3. The molecule has 0 aromatic rings. The normalized spacial score (nSPS) is 9.00. The number of rotatable bonds is 18. The van der Waals surface area contributed by atoms with Gasteiger partial charge in [-0.3, -0.25) is 14.4 Å². The average molecular weight is 513 g/mol. The van der Waals surface area contributed by atoms with E-state index >= 15 is 0 Å². The molecule has 0 fully saturated rings. The molecule has 0 aliphatic carbocycles. The SMILES string of the molecule is CCCCCCCC(=O)O.CCCCCCCC(=O)O.CCCCCCCC(=O)O.CO.[Ti]. The van der Waals surface area contributed by atoms with E-state index in [4.69, 9.17) is 20.4 Å². The maximum absolute atomic E-state index is 10.0. The number of hydrogen-bond donors (Lipinski definition) is 4. The quantitative estimate of drug-likeness (QED) is 0.116. The van der Waals surface area contributed by atoms with E-state index in [0.29, 0.717) is 19.3 Å². The summed E-state index contributed by atoms with van der Waals surface area (Å²) >= 11 is 0. The van der Waals surface area contributed by atoms with Gasteiger partial charge in [0.05, 0.1) is 0 Å². The third kappa shape index (κ3) is 65.2. The van der Waals surface area contributed by atoms with E-state index in [1.54, 1.807) is 0 Å². The Morgan fingerprint density at radius 2 is 0.606 bits per heavy atom. The summed E-state index contributed by atoms with van der Waals surface area (Å²) in [6.45, 7) is 6.45. The zero-order chi connectivity index (χ0) is 25.5. The number of carbonyl (C=O) groups is 3. The van der Waals surface area contributed by atoms with Gasteiger partial charge in [0.25, 0.3) is 0 Å². The van der Waals surface area contributed by atoms with Gasteiger partial charge >= 0.3 is 17.9 Å². The molecule has 33 heavy (non-hydrogen) atoms. The predicted molar refractivity (Wildman–Crippen MR) is 131 cm³/mol. The van der Waals surface area contributed by atoms with Gasteiger partial charge in [-0.05, 0) is 19.3 Å². The van der Waals surface area contributed by atoms with Crippen molar-refractivity contribution in [1.29, 1.82) is 0 Å². The van der Waals surface area contributed by atoms with Gasteiger partial charge < -0.3 is 20.4 Å². The van der Waals surface area contributed by atoms with E-state index in [9.17, 15) is 14.4 Å². The molecule has 0 aromatic carbocycles. The summed E-state index contributed by atoms with van der Waals surface area (Å²) in [4.78, 5) is 30.1. The summed E-state index contributed by atoms with van der Waals surface area (Å²) in [5, 5.41) is 31.8. The molecule has 0 spiro atoms. The van der Waals surface area contributed by atoms with Crippen molar-refractivity contribution in [2.75, 3.05) is 7.11 Å². The standard InChI is InChI=1S/3C8H16O2.CH4O.Ti/c3*1-2-3-4-5-6-7-8(9)10;1-2;/h3*2-7H2,1H3,(H,9,10);2H,1H3;. The largest absolute Gasteiger partial charge is 0.481 e. The first kappa shape index (κ1) is 42.3. The molecule has 7 nitrogen and oxygen atoms in total. The van der Waals surface area contributed by atoms with Crippen LogP contribution >= 0.6 is 0 Å². The van der Waals surface area contributed by atoms with E-state index in [2.05, 4.69) is 20.8 Å². The van der Waals surface area contributed by atoms with Crippen LogP contribution in [0.25, 0.3) is 0 Å². The topological polar surface area (TPSA) is 132 Å². The number of carboxylic acid groups (broad SMARTS) is 3. The van der Waals surface area contributed by atoms with Crippen molar-refractivity contribution in [3.8, 4) is 0 Å². The Labute approximate surface area is 217 Å². The van der Waals surface area contributed by atoms with Crippen molar-refractivity contribution in [3.63, 3.8) is 0 Å². The first-order valence-electron chi connectivity index (χ1n) is 12.4. The van der Waals surface area contributed by atoms with E-state index < -0.39 is 17.9 Å². The number of hydrogen-bond acceptors (Lipinski definition) is 4. The summed E-state index contributed by atoms with van der Waals surface area (Å²) < 4.78 is 0. The second-order valence-corrected chi connectivity index (χ2v) is 7.67. The van der Waals surface area contributed by atoms with E-state index in [1.165, 1.54) is 57.8 Å². The molecule has 0 saturated carbocycles. The minimum Gasteiger partial charge on any atom is -0.481 e. The van der Waals surface area contributed by atoms with Gasteiger partial charge in [0, 0.05) is 48.1 Å². The molecule has 4 N–H and O–H groups in total. The van der Waals surface area contributed by atoms with E-state index in [-0.39, 0.29) is 21.7 Å². The van der Waals surface area contributed by atoms with Crippen molar-refractivity contribution in [3.05, 3.63) is 0 Å². The minimum absolute atomic E-state index is 0. The van der Waals surface area contributed by atoms with Crippen molar-refractivity contribution < 1.29 is 56.5 Å². The molecule has 0 atom stereocenters. The molecule has 0 aliphatic heterocycles. The monoisotopic (exact) mass is 512 g/mol. The van der Waals surface area contributed by atoms with Gasteiger partial charge in [-0.1, -0.05) is 97.8 Å². The second kappa shape index (κ2) is 41.3. The molecule has 0 unspecified atom stereocenters. The Kier molecular flexibility index (Phi) is 53.0. The minimum atomic E-state index is -0.670. The second-order valence-electron chi connectivity index (χ2n) is 7.67. The molecule has 0 rings (SSSR count). The van der Waals surface area contributed by atoms with E-state index in [1.807, 2.05) is 0 Å². The number of aliphatic hydroxyl groups is 1. The van der Waals surface area contributed by atoms with Crippen LogP contribution in [0, 0.1) is 0 Å². The molecule has 0 saturated heterocycles. The molecular weight excluding hydrogens is 460 g/mol. The molecule has 0 heterocycles. The van der Waals surface area contributed by atoms with Crippen LogP contribution in [0.4, 0.5) is 0 Å². The molecule has 198 valence electrons. The van der Waals surface area contributed by atoms with Gasteiger partial charge in [0.15, 0.2) is 0 Å². The maximum atomic E-state index is 10.0. The summed E-state index contributed by atoms with van der Waals surface area (Å²) in [6, 6.07) is 0. The van der Waals surface area contributed by atoms with Crippen molar-refractivity contribution in [2.24, 2.45) is 0 Å². The average Bonchev–Trinajstić information content (AvgIpc) is 2.75. The van der Waals surface area contributed by atoms with Crippen LogP contribution < -0.4 is 0 Å². The molecule has 0 aromatic heterocycles. The number of carboxylic acids is 3. The van der Waals surface area contributed by atoms with Gasteiger partial charge in [0.1, 0.15) is 0 Å². The van der Waals surface area contributed by atoms with Gasteiger partial charge in [-0.25, -0.2) is 0 Å². The summed E-state index contributed by atoms with van der Waals surface area (Å²) in [5.41, 5.74) is 0. The predicted octanol–water partition coefficient (Wildman–Crippen LogP) is 6.90. The van der Waals surface area contributed by atoms with Crippen molar-refractivity contribution in [1.82, 2.24) is 0 Å². The number of unbranched alkanes of at least 4 members (excludes halogenated alkanes) is 12. The zero-order valence-electron chi connectivity index (χ0n) is 21.7. The number of aliphatic hydroxyl groups excluding tert-OH is 1. The van der Waals surface area contributed by atoms with Gasteiger partial charge in [0.2, 0.25) is 0 Å². The molecule has 0 aliphatic rings. The van der Waals surface area contributed by atoms with E-state index in [0.717, 1.165) is 45.6 Å². The molecule has 8 heteroatoms. The molecule has 0 radical (unpaired) electrons. The van der Waals surface area contributed by atoms with Crippen molar-refractivity contribution >= 4 is 17.9 Å². The summed E-state index contributed by atoms with van der Waals surface area (Å²) in [7, 11) is 1.00. The Hall–Kier alpha value is -0.916. The molecule has 0 bridgehead atoms. The summed E-state index contributed by atoms with van der Waals surface area (Å²) in [5.74, 6) is -2.01. The maximum Gasteiger partial charge on any atom is 0.303 e. The summed E-state index contributed by atoms with van der Waals surface area (Å²) in [6.07, 6.45) is 17.7. The van der Waals surface area contributed by atoms with Crippen LogP contribution in [0.1, 0.15) is 136 Å². The van der Waals surface area contributed by atoms with Crippen LogP contribution in [0.3, 0.4) is 0 Å². The Balaban J connectivity index is -0.000000113. The first-order chi connectivity index (χ1) is 15.3. The Morgan fingerprint density at radius 3 is 0.758 bits per heavy atom. The molecular formula is C25H52O7Ti. The van der Waals surface area contributed by atoms with Gasteiger partial charge in [-0.15, -0.1) is 0 Å². The van der Waals surface area contributed by atoms with Crippen LogP contribution in [-0.4, -0.2) is 45.4 Å². The van der Waals surface area contributed by atoms with Crippen molar-refractivity contribution in [2.45, 2.75) is 136 Å². The fraction of sp³-hybridized carbons (Fsp3) is 0.880. The van der Waals surface area contributed by atoms with Crippen LogP contribution in [0.15, 0.2) is 0 Å². The van der Waals surface area contributed by atoms with Crippen LogP contribution in [-0.2, 0) is 36.1 Å². The van der Waals surface area contributed by atoms with Crippen LogP contribution in [0.2, 0.25) is 0 Å². The Morgan fingerprint density at radius 1 is 0.424 bits per heavy atom. The fourth-order valence-corrected chi connectivity index (χ4v) is 2.64.